The van der Waals surface area contributed by atoms with Gasteiger partial charge >= 0.3 is 0 Å². The highest BCUT2D eigenvalue weighted by molar-refractivity contribution is 7.10. The summed E-state index contributed by atoms with van der Waals surface area (Å²) < 4.78 is 5.61. The van der Waals surface area contributed by atoms with E-state index in [1.54, 1.807) is 11.3 Å². The number of carbonyl (C=O) groups is 1. The number of carbonyl (C=O) groups excluding carboxylic acids is 1. The molecular formula is C18H23NO2S. The molecule has 0 N–H and O–H groups in total. The summed E-state index contributed by atoms with van der Waals surface area (Å²) in [6.45, 7) is 5.39. The minimum absolute atomic E-state index is 0.166. The first-order valence-corrected chi connectivity index (χ1v) is 8.47. The third kappa shape index (κ3) is 4.34. The van der Waals surface area contributed by atoms with E-state index >= 15 is 0 Å². The molecule has 0 fully saturated rings. The summed E-state index contributed by atoms with van der Waals surface area (Å²) in [6.07, 6.45) is 1.22. The second-order valence-corrected chi connectivity index (χ2v) is 6.32. The summed E-state index contributed by atoms with van der Waals surface area (Å²) in [7, 11) is 1.87. The molecule has 1 aromatic carbocycles. The maximum atomic E-state index is 12.3. The molecule has 1 aromatic heterocycles. The minimum atomic E-state index is 0.166. The molecule has 0 unspecified atom stereocenters. The molecule has 0 aliphatic heterocycles. The zero-order valence-corrected chi connectivity index (χ0v) is 14.3. The summed E-state index contributed by atoms with van der Waals surface area (Å²) in [5.41, 5.74) is 2.35. The van der Waals surface area contributed by atoms with Gasteiger partial charge < -0.3 is 9.64 Å². The average Bonchev–Trinajstić information content (AvgIpc) is 2.91. The highest BCUT2D eigenvalue weighted by atomic mass is 32.1. The highest BCUT2D eigenvalue weighted by Crippen LogP contribution is 2.21. The first kappa shape index (κ1) is 16.6. The second kappa shape index (κ2) is 7.99. The van der Waals surface area contributed by atoms with Crippen molar-refractivity contribution in [3.05, 3.63) is 51.7 Å². The van der Waals surface area contributed by atoms with Gasteiger partial charge in [0.1, 0.15) is 5.75 Å². The SMILES string of the molecule is CCOc1ccccc1CCC(=O)N(C)Cc1sccc1C. The number of benzene rings is 1. The predicted molar refractivity (Wildman–Crippen MR) is 91.5 cm³/mol. The van der Waals surface area contributed by atoms with E-state index in [1.807, 2.05) is 43.1 Å². The van der Waals surface area contributed by atoms with E-state index in [2.05, 4.69) is 18.4 Å². The number of thiophene rings is 1. The van der Waals surface area contributed by atoms with Crippen LogP contribution in [0.4, 0.5) is 0 Å². The van der Waals surface area contributed by atoms with Crippen molar-refractivity contribution in [3.8, 4) is 5.75 Å². The molecule has 0 aliphatic carbocycles. The maximum absolute atomic E-state index is 12.3. The number of amides is 1. The van der Waals surface area contributed by atoms with Crippen molar-refractivity contribution in [1.82, 2.24) is 4.90 Å². The van der Waals surface area contributed by atoms with E-state index in [4.69, 9.17) is 4.74 Å². The van der Waals surface area contributed by atoms with Crippen LogP contribution in [0.1, 0.15) is 29.3 Å². The molecule has 22 heavy (non-hydrogen) atoms. The number of hydrogen-bond acceptors (Lipinski definition) is 3. The highest BCUT2D eigenvalue weighted by Gasteiger charge is 2.12. The summed E-state index contributed by atoms with van der Waals surface area (Å²) in [5.74, 6) is 1.05. The van der Waals surface area contributed by atoms with Gasteiger partial charge in [0.25, 0.3) is 0 Å². The fourth-order valence-electron chi connectivity index (χ4n) is 2.31. The maximum Gasteiger partial charge on any atom is 0.222 e. The Bertz CT molecular complexity index is 621. The summed E-state index contributed by atoms with van der Waals surface area (Å²) in [4.78, 5) is 15.4. The molecule has 0 saturated carbocycles. The van der Waals surface area contributed by atoms with E-state index in [9.17, 15) is 4.79 Å². The van der Waals surface area contributed by atoms with Crippen molar-refractivity contribution in [2.75, 3.05) is 13.7 Å². The van der Waals surface area contributed by atoms with Crippen LogP contribution in [0.25, 0.3) is 0 Å². The first-order chi connectivity index (χ1) is 10.6. The van der Waals surface area contributed by atoms with Gasteiger partial charge in [-0.15, -0.1) is 11.3 Å². The Morgan fingerprint density at radius 1 is 1.27 bits per heavy atom. The Morgan fingerprint density at radius 2 is 2.05 bits per heavy atom. The molecular weight excluding hydrogens is 294 g/mol. The van der Waals surface area contributed by atoms with Crippen LogP contribution in [0.3, 0.4) is 0 Å². The lowest BCUT2D eigenvalue weighted by Crippen LogP contribution is -2.26. The first-order valence-electron chi connectivity index (χ1n) is 7.59. The Morgan fingerprint density at radius 3 is 2.73 bits per heavy atom. The van der Waals surface area contributed by atoms with Crippen molar-refractivity contribution in [1.29, 1.82) is 0 Å². The average molecular weight is 317 g/mol. The molecule has 3 nitrogen and oxygen atoms in total. The Balaban J connectivity index is 1.91. The lowest BCUT2D eigenvalue weighted by molar-refractivity contribution is -0.130. The van der Waals surface area contributed by atoms with E-state index in [0.29, 0.717) is 26.0 Å². The normalized spacial score (nSPS) is 10.5. The van der Waals surface area contributed by atoms with Gasteiger partial charge in [-0.1, -0.05) is 18.2 Å². The summed E-state index contributed by atoms with van der Waals surface area (Å²) >= 11 is 1.70. The number of ether oxygens (including phenoxy) is 1. The number of aryl methyl sites for hydroxylation is 2. The molecule has 118 valence electrons. The van der Waals surface area contributed by atoms with Crippen molar-refractivity contribution >= 4 is 17.2 Å². The van der Waals surface area contributed by atoms with Crippen LogP contribution in [0, 0.1) is 6.92 Å². The molecule has 0 spiro atoms. The molecule has 2 rings (SSSR count). The van der Waals surface area contributed by atoms with E-state index < -0.39 is 0 Å². The molecule has 1 amide bonds. The predicted octanol–water partition coefficient (Wildman–Crippen LogP) is 4.05. The van der Waals surface area contributed by atoms with Gasteiger partial charge in [-0.05, 0) is 48.9 Å². The molecule has 0 aliphatic rings. The molecule has 0 atom stereocenters. The summed E-state index contributed by atoms with van der Waals surface area (Å²) in [5, 5.41) is 2.07. The number of rotatable bonds is 7. The largest absolute Gasteiger partial charge is 0.494 e. The Hall–Kier alpha value is -1.81. The number of para-hydroxylation sites is 1. The van der Waals surface area contributed by atoms with Gasteiger partial charge in [0, 0.05) is 18.3 Å². The van der Waals surface area contributed by atoms with Crippen LogP contribution in [0.5, 0.6) is 5.75 Å². The van der Waals surface area contributed by atoms with Gasteiger partial charge in [0.15, 0.2) is 0 Å². The molecule has 0 bridgehead atoms. The molecule has 1 heterocycles. The quantitative estimate of drug-likeness (QED) is 0.771. The molecule has 4 heteroatoms. The van der Waals surface area contributed by atoms with Crippen molar-refractivity contribution in [2.45, 2.75) is 33.2 Å². The van der Waals surface area contributed by atoms with Gasteiger partial charge in [0.05, 0.1) is 13.2 Å². The Kier molecular flexibility index (Phi) is 6.01. The zero-order chi connectivity index (χ0) is 15.9. The van der Waals surface area contributed by atoms with E-state index in [0.717, 1.165) is 11.3 Å². The molecule has 2 aromatic rings. The van der Waals surface area contributed by atoms with Gasteiger partial charge in [0.2, 0.25) is 5.91 Å². The third-order valence-electron chi connectivity index (χ3n) is 3.66. The van der Waals surface area contributed by atoms with E-state index in [-0.39, 0.29) is 5.91 Å². The van der Waals surface area contributed by atoms with Crippen molar-refractivity contribution in [2.24, 2.45) is 0 Å². The van der Waals surface area contributed by atoms with Crippen LogP contribution >= 0.6 is 11.3 Å². The number of hydrogen-bond donors (Lipinski definition) is 0. The lowest BCUT2D eigenvalue weighted by Gasteiger charge is -2.17. The van der Waals surface area contributed by atoms with Crippen LogP contribution in [0.2, 0.25) is 0 Å². The van der Waals surface area contributed by atoms with Crippen LogP contribution in [-0.2, 0) is 17.8 Å². The lowest BCUT2D eigenvalue weighted by atomic mass is 10.1. The summed E-state index contributed by atoms with van der Waals surface area (Å²) in [6, 6.07) is 10.0. The molecule has 0 radical (unpaired) electrons. The fraction of sp³-hybridized carbons (Fsp3) is 0.389. The van der Waals surface area contributed by atoms with Crippen molar-refractivity contribution < 1.29 is 9.53 Å². The van der Waals surface area contributed by atoms with E-state index in [1.165, 1.54) is 10.4 Å². The zero-order valence-electron chi connectivity index (χ0n) is 13.5. The third-order valence-corrected chi connectivity index (χ3v) is 4.66. The smallest absolute Gasteiger partial charge is 0.222 e. The number of nitrogens with zero attached hydrogens (tertiary/aromatic N) is 1. The molecule has 0 saturated heterocycles. The minimum Gasteiger partial charge on any atom is -0.494 e. The fourth-order valence-corrected chi connectivity index (χ4v) is 3.27. The topological polar surface area (TPSA) is 29.5 Å². The van der Waals surface area contributed by atoms with Gasteiger partial charge in [-0.3, -0.25) is 4.79 Å². The van der Waals surface area contributed by atoms with Gasteiger partial charge in [-0.2, -0.15) is 0 Å². The van der Waals surface area contributed by atoms with Crippen LogP contribution in [-0.4, -0.2) is 24.5 Å². The Labute approximate surface area is 136 Å². The van der Waals surface area contributed by atoms with Crippen molar-refractivity contribution in [3.63, 3.8) is 0 Å². The van der Waals surface area contributed by atoms with Crippen LogP contribution < -0.4 is 4.74 Å². The monoisotopic (exact) mass is 317 g/mol. The van der Waals surface area contributed by atoms with Gasteiger partial charge in [-0.25, -0.2) is 0 Å². The van der Waals surface area contributed by atoms with Crippen LogP contribution in [0.15, 0.2) is 35.7 Å². The second-order valence-electron chi connectivity index (χ2n) is 5.32. The standard InChI is InChI=1S/C18H23NO2S/c1-4-21-16-8-6-5-7-15(16)9-10-18(20)19(3)13-17-14(2)11-12-22-17/h5-8,11-12H,4,9-10,13H2,1-3H3.